The summed E-state index contributed by atoms with van der Waals surface area (Å²) in [6.07, 6.45) is 27.3. The highest BCUT2D eigenvalue weighted by molar-refractivity contribution is 7.85. The quantitative estimate of drug-likeness (QED) is 0.0562. The van der Waals surface area contributed by atoms with Crippen LogP contribution in [0.2, 0.25) is 0 Å². The number of unbranched alkanes of at least 4 members (excludes halogenated alkanes) is 17. The Bertz CT molecular complexity index is 916. The smallest absolute Gasteiger partial charge is 0.158 e. The number of aryl methyl sites for hydroxylation is 1. The Hall–Kier alpha value is -1.03. The van der Waals surface area contributed by atoms with Crippen LogP contribution in [0.5, 0.6) is 0 Å². The molecule has 45 heavy (non-hydrogen) atoms. The number of ether oxygens (including phenoxy) is 3. The van der Waals surface area contributed by atoms with E-state index in [4.69, 9.17) is 14.2 Å². The van der Waals surface area contributed by atoms with Crippen LogP contribution >= 0.6 is 0 Å². The van der Waals surface area contributed by atoms with E-state index in [0.717, 1.165) is 29.5 Å². The van der Waals surface area contributed by atoms with E-state index in [0.29, 0.717) is 13.2 Å². The first kappa shape index (κ1) is 42.0. The fraction of sp³-hybridized carbons (Fsp3) is 0.838. The monoisotopic (exact) mass is 655 g/mol. The second-order valence-corrected chi connectivity index (χ2v) is 15.4. The van der Waals surface area contributed by atoms with Crippen molar-refractivity contribution in [3.8, 4) is 0 Å². The molecule has 264 valence electrons. The lowest BCUT2D eigenvalue weighted by Gasteiger charge is -2.23. The fourth-order valence-electron chi connectivity index (χ4n) is 5.49. The van der Waals surface area contributed by atoms with Gasteiger partial charge >= 0.3 is 0 Å². The zero-order valence-corrected chi connectivity index (χ0v) is 30.6. The van der Waals surface area contributed by atoms with Gasteiger partial charge in [-0.15, -0.1) is 0 Å². The Morgan fingerprint density at radius 2 is 1.24 bits per heavy atom. The van der Waals surface area contributed by atoms with Crippen LogP contribution < -0.4 is 0 Å². The summed E-state index contributed by atoms with van der Waals surface area (Å²) in [6, 6.07) is 5.78. The molecule has 0 spiro atoms. The van der Waals surface area contributed by atoms with Gasteiger partial charge in [0, 0.05) is 6.61 Å². The first-order valence-corrected chi connectivity index (χ1v) is 19.6. The van der Waals surface area contributed by atoms with E-state index >= 15 is 0 Å². The molecule has 1 aliphatic rings. The van der Waals surface area contributed by atoms with Gasteiger partial charge < -0.3 is 23.2 Å². The van der Waals surface area contributed by atoms with Crippen molar-refractivity contribution in [2.45, 2.75) is 160 Å². The summed E-state index contributed by atoms with van der Waals surface area (Å²) in [4.78, 5) is -0.178. The zero-order valence-electron chi connectivity index (χ0n) is 29.7. The highest BCUT2D eigenvalue weighted by Crippen LogP contribution is 2.19. The van der Waals surface area contributed by atoms with Crippen LogP contribution in [0.15, 0.2) is 29.2 Å². The predicted octanol–water partition coefficient (Wildman–Crippen LogP) is 9.17. The zero-order chi connectivity index (χ0) is 33.2. The molecule has 8 heteroatoms. The lowest BCUT2D eigenvalue weighted by atomic mass is 10.0. The van der Waals surface area contributed by atoms with Crippen molar-refractivity contribution >= 4 is 10.1 Å². The third-order valence-electron chi connectivity index (χ3n) is 8.34. The van der Waals surface area contributed by atoms with E-state index in [1.54, 1.807) is 12.1 Å². The predicted molar refractivity (Wildman–Crippen MR) is 185 cm³/mol. The van der Waals surface area contributed by atoms with Crippen LogP contribution in [0.4, 0.5) is 0 Å². The topological polar surface area (TPSA) is 84.9 Å². The summed E-state index contributed by atoms with van der Waals surface area (Å²) < 4.78 is 49.9. The Morgan fingerprint density at radius 3 is 1.76 bits per heavy atom. The van der Waals surface area contributed by atoms with Crippen LogP contribution in [0.1, 0.15) is 141 Å². The maximum atomic E-state index is 10.4. The summed E-state index contributed by atoms with van der Waals surface area (Å²) in [5.41, 5.74) is 0.928. The molecule has 7 nitrogen and oxygen atoms in total. The third kappa shape index (κ3) is 25.7. The molecule has 0 N–H and O–H groups in total. The van der Waals surface area contributed by atoms with Crippen molar-refractivity contribution in [2.24, 2.45) is 0 Å². The molecule has 0 unspecified atom stereocenters. The van der Waals surface area contributed by atoms with Gasteiger partial charge in [0.1, 0.15) is 16.2 Å². The van der Waals surface area contributed by atoms with Gasteiger partial charge in [-0.2, -0.15) is 0 Å². The molecule has 0 radical (unpaired) electrons. The second kappa shape index (κ2) is 26.0. The van der Waals surface area contributed by atoms with Crippen molar-refractivity contribution in [3.05, 3.63) is 29.8 Å². The first-order valence-electron chi connectivity index (χ1n) is 18.2. The molecular formula is C37H69NO6S. The van der Waals surface area contributed by atoms with Gasteiger partial charge in [-0.3, -0.25) is 0 Å². The SMILES string of the molecule is CCCCCCCCCCCCCCCCC[C@H]1OC[C@H](COCCCCCC[N+](C)(C)C)O1.Cc1ccc(S(=O)(=O)[O-])cc1. The molecule has 1 fully saturated rings. The number of nitrogens with zero attached hydrogens (tertiary/aromatic N) is 1. The largest absolute Gasteiger partial charge is 0.744 e. The van der Waals surface area contributed by atoms with Crippen LogP contribution in [-0.2, 0) is 24.3 Å². The highest BCUT2D eigenvalue weighted by Gasteiger charge is 2.25. The van der Waals surface area contributed by atoms with Gasteiger partial charge in [0.25, 0.3) is 0 Å². The summed E-state index contributed by atoms with van der Waals surface area (Å²) in [7, 11) is 2.52. The van der Waals surface area contributed by atoms with Crippen molar-refractivity contribution < 1.29 is 31.7 Å². The summed E-state index contributed by atoms with van der Waals surface area (Å²) in [5, 5.41) is 0. The average molecular weight is 656 g/mol. The van der Waals surface area contributed by atoms with E-state index in [-0.39, 0.29) is 17.3 Å². The van der Waals surface area contributed by atoms with Crippen molar-refractivity contribution in [1.29, 1.82) is 0 Å². The number of benzene rings is 1. The molecule has 2 atom stereocenters. The van der Waals surface area contributed by atoms with Crippen LogP contribution in [0.3, 0.4) is 0 Å². The Balaban J connectivity index is 0.000000768. The van der Waals surface area contributed by atoms with Gasteiger partial charge in [0.15, 0.2) is 6.29 Å². The number of quaternary nitrogens is 1. The summed E-state index contributed by atoms with van der Waals surface area (Å²) >= 11 is 0. The lowest BCUT2D eigenvalue weighted by molar-refractivity contribution is -0.870. The molecule has 1 aromatic carbocycles. The number of rotatable bonds is 26. The third-order valence-corrected chi connectivity index (χ3v) is 9.19. The summed E-state index contributed by atoms with van der Waals surface area (Å²) in [6.45, 7) is 7.62. The fourth-order valence-corrected chi connectivity index (χ4v) is 5.96. The van der Waals surface area contributed by atoms with Crippen LogP contribution in [0.25, 0.3) is 0 Å². The Kier molecular flexibility index (Phi) is 24.2. The minimum atomic E-state index is -4.27. The first-order chi connectivity index (χ1) is 21.5. The second-order valence-electron chi connectivity index (χ2n) is 14.0. The molecule has 0 saturated carbocycles. The van der Waals surface area contributed by atoms with Crippen molar-refractivity contribution in [1.82, 2.24) is 0 Å². The van der Waals surface area contributed by atoms with Gasteiger partial charge in [0.05, 0.1) is 45.8 Å². The lowest BCUT2D eigenvalue weighted by Crippen LogP contribution is -2.35. The van der Waals surface area contributed by atoms with Gasteiger partial charge in [-0.05, 0) is 51.2 Å². The van der Waals surface area contributed by atoms with Crippen LogP contribution in [0, 0.1) is 6.92 Å². The van der Waals surface area contributed by atoms with Crippen LogP contribution in [-0.4, -0.2) is 77.4 Å². The maximum absolute atomic E-state index is 10.4. The molecule has 1 heterocycles. The molecule has 0 aliphatic carbocycles. The summed E-state index contributed by atoms with van der Waals surface area (Å²) in [5.74, 6) is 0. The van der Waals surface area contributed by atoms with E-state index in [2.05, 4.69) is 28.1 Å². The molecule has 0 amide bonds. The van der Waals surface area contributed by atoms with E-state index in [1.807, 2.05) is 6.92 Å². The highest BCUT2D eigenvalue weighted by atomic mass is 32.2. The van der Waals surface area contributed by atoms with Gasteiger partial charge in [-0.1, -0.05) is 121 Å². The van der Waals surface area contributed by atoms with E-state index in [9.17, 15) is 13.0 Å². The minimum Gasteiger partial charge on any atom is -0.744 e. The average Bonchev–Trinajstić information content (AvgIpc) is 3.43. The molecule has 1 aromatic rings. The van der Waals surface area contributed by atoms with Gasteiger partial charge in [0.2, 0.25) is 0 Å². The van der Waals surface area contributed by atoms with E-state index in [1.165, 1.54) is 134 Å². The molecular weight excluding hydrogens is 586 g/mol. The molecule has 2 rings (SSSR count). The molecule has 1 aliphatic heterocycles. The normalized spacial score (nSPS) is 16.9. The van der Waals surface area contributed by atoms with E-state index < -0.39 is 10.1 Å². The molecule has 0 bridgehead atoms. The number of hydrogen-bond acceptors (Lipinski definition) is 6. The number of hydrogen-bond donors (Lipinski definition) is 0. The minimum absolute atomic E-state index is 0.00564. The van der Waals surface area contributed by atoms with Crippen molar-refractivity contribution in [3.63, 3.8) is 0 Å². The maximum Gasteiger partial charge on any atom is 0.158 e. The van der Waals surface area contributed by atoms with Gasteiger partial charge in [-0.25, -0.2) is 8.42 Å². The van der Waals surface area contributed by atoms with Crippen molar-refractivity contribution in [2.75, 3.05) is 47.5 Å². The molecule has 0 aromatic heterocycles. The standard InChI is InChI=1S/C30H62NO3.C7H8O3S/c1-5-6-7-8-9-10-11-12-13-14-15-16-17-18-21-24-30-33-28-29(34-30)27-32-26-23-20-19-22-25-31(2,3)4;1-6-2-4-7(5-3-6)11(8,9)10/h29-30H,5-28H2,1-4H3;2-5H,1H3,(H,8,9,10)/q+1;/p-1/t29-,30-;/m0./s1. The Labute approximate surface area is 278 Å². The Morgan fingerprint density at radius 1 is 0.756 bits per heavy atom. The molecule has 1 saturated heterocycles.